The topological polar surface area (TPSA) is 139 Å². The number of rotatable bonds is 6. The number of hydrogen-bond donors (Lipinski definition) is 2. The second-order valence-electron chi connectivity index (χ2n) is 11.0. The van der Waals surface area contributed by atoms with E-state index in [2.05, 4.69) is 33.0 Å². The SMILES string of the molecule is CN1CCN(C(=O)c2cccc(-c3cc4c(-c5ccc(OC6CCN(C(=O)CO)CC6)c(C#N)c5)ncnc4[nH]3)c2)CC1. The van der Waals surface area contributed by atoms with Gasteiger partial charge < -0.3 is 29.5 Å². The van der Waals surface area contributed by atoms with Crippen LogP contribution in [0.5, 0.6) is 5.75 Å². The van der Waals surface area contributed by atoms with Crippen LogP contribution in [0.1, 0.15) is 28.8 Å². The smallest absolute Gasteiger partial charge is 0.253 e. The summed E-state index contributed by atoms with van der Waals surface area (Å²) < 4.78 is 6.16. The number of carbonyl (C=O) groups excluding carboxylic acids is 2. The first-order chi connectivity index (χ1) is 20.9. The molecular weight excluding hydrogens is 546 g/mol. The Kier molecular flexibility index (Phi) is 8.05. The number of ether oxygens (including phenoxy) is 1. The number of aliphatic hydroxyl groups excluding tert-OH is 1. The summed E-state index contributed by atoms with van der Waals surface area (Å²) >= 11 is 0. The number of aromatic nitrogens is 3. The van der Waals surface area contributed by atoms with Gasteiger partial charge in [0.25, 0.3) is 5.91 Å². The first kappa shape index (κ1) is 28.3. The third kappa shape index (κ3) is 5.93. The van der Waals surface area contributed by atoms with E-state index in [1.807, 2.05) is 41.3 Å². The van der Waals surface area contributed by atoms with E-state index in [4.69, 9.17) is 9.84 Å². The van der Waals surface area contributed by atoms with Gasteiger partial charge in [-0.05, 0) is 49.0 Å². The Hall–Kier alpha value is -4.79. The number of carbonyl (C=O) groups is 2. The number of benzene rings is 2. The van der Waals surface area contributed by atoms with Crippen LogP contribution >= 0.6 is 0 Å². The molecule has 6 rings (SSSR count). The van der Waals surface area contributed by atoms with E-state index in [0.717, 1.165) is 35.3 Å². The highest BCUT2D eigenvalue weighted by molar-refractivity contribution is 5.97. The minimum Gasteiger partial charge on any atom is -0.489 e. The molecule has 2 aliphatic rings. The number of aromatic amines is 1. The van der Waals surface area contributed by atoms with Crippen molar-refractivity contribution in [1.82, 2.24) is 29.7 Å². The van der Waals surface area contributed by atoms with Gasteiger partial charge in [-0.3, -0.25) is 9.59 Å². The predicted molar refractivity (Wildman–Crippen MR) is 160 cm³/mol. The van der Waals surface area contributed by atoms with E-state index >= 15 is 0 Å². The molecule has 0 aliphatic carbocycles. The van der Waals surface area contributed by atoms with Crippen LogP contribution in [-0.2, 0) is 4.79 Å². The fourth-order valence-electron chi connectivity index (χ4n) is 5.71. The van der Waals surface area contributed by atoms with Crippen molar-refractivity contribution in [3.63, 3.8) is 0 Å². The molecular formula is C32H33N7O4. The fraction of sp³-hybridized carbons (Fsp3) is 0.344. The second-order valence-corrected chi connectivity index (χ2v) is 11.0. The molecule has 0 saturated carbocycles. The summed E-state index contributed by atoms with van der Waals surface area (Å²) in [6, 6.07) is 17.3. The van der Waals surface area contributed by atoms with Gasteiger partial charge in [-0.1, -0.05) is 12.1 Å². The average Bonchev–Trinajstić information content (AvgIpc) is 3.50. The molecule has 4 heterocycles. The minimum atomic E-state index is -0.493. The van der Waals surface area contributed by atoms with Gasteiger partial charge in [0.2, 0.25) is 5.91 Å². The minimum absolute atomic E-state index is 0.0297. The molecule has 2 aromatic carbocycles. The zero-order chi connectivity index (χ0) is 29.9. The first-order valence-corrected chi connectivity index (χ1v) is 14.5. The number of likely N-dealkylation sites (N-methyl/N-ethyl adjacent to an activating group) is 1. The van der Waals surface area contributed by atoms with Crippen LogP contribution in [0.4, 0.5) is 0 Å². The van der Waals surface area contributed by atoms with Crippen molar-refractivity contribution >= 4 is 22.8 Å². The summed E-state index contributed by atoms with van der Waals surface area (Å²) in [5.41, 5.74) is 4.81. The Balaban J connectivity index is 1.23. The van der Waals surface area contributed by atoms with Crippen LogP contribution < -0.4 is 4.74 Å². The van der Waals surface area contributed by atoms with Crippen molar-refractivity contribution < 1.29 is 19.4 Å². The Bertz CT molecular complexity index is 1700. The molecule has 0 unspecified atom stereocenters. The summed E-state index contributed by atoms with van der Waals surface area (Å²) in [4.78, 5) is 43.0. The molecule has 2 N–H and O–H groups in total. The predicted octanol–water partition coefficient (Wildman–Crippen LogP) is 2.91. The van der Waals surface area contributed by atoms with Crippen molar-refractivity contribution in [3.8, 4) is 34.3 Å². The first-order valence-electron chi connectivity index (χ1n) is 14.5. The molecule has 2 saturated heterocycles. The molecule has 43 heavy (non-hydrogen) atoms. The summed E-state index contributed by atoms with van der Waals surface area (Å²) in [6.07, 6.45) is 2.61. The number of likely N-dealkylation sites (tertiary alicyclic amines) is 1. The van der Waals surface area contributed by atoms with E-state index in [9.17, 15) is 14.9 Å². The van der Waals surface area contributed by atoms with Gasteiger partial charge in [0.1, 0.15) is 36.5 Å². The van der Waals surface area contributed by atoms with E-state index < -0.39 is 6.61 Å². The Labute approximate surface area is 249 Å². The van der Waals surface area contributed by atoms with Crippen LogP contribution in [-0.4, -0.2) is 106 Å². The molecule has 0 radical (unpaired) electrons. The molecule has 220 valence electrons. The van der Waals surface area contributed by atoms with Gasteiger partial charge in [-0.15, -0.1) is 0 Å². The van der Waals surface area contributed by atoms with Gasteiger partial charge in [0, 0.05) is 74.3 Å². The summed E-state index contributed by atoms with van der Waals surface area (Å²) in [5, 5.41) is 19.8. The zero-order valence-corrected chi connectivity index (χ0v) is 24.0. The highest BCUT2D eigenvalue weighted by atomic mass is 16.5. The number of nitrogens with one attached hydrogen (secondary N) is 1. The third-order valence-electron chi connectivity index (χ3n) is 8.23. The number of hydrogen-bond acceptors (Lipinski definition) is 8. The normalized spacial score (nSPS) is 16.3. The number of nitrogens with zero attached hydrogens (tertiary/aromatic N) is 6. The number of H-pyrrole nitrogens is 1. The summed E-state index contributed by atoms with van der Waals surface area (Å²) in [5.74, 6) is 0.235. The lowest BCUT2D eigenvalue weighted by atomic mass is 10.0. The van der Waals surface area contributed by atoms with Crippen molar-refractivity contribution in [1.29, 1.82) is 5.26 Å². The summed E-state index contributed by atoms with van der Waals surface area (Å²) in [7, 11) is 2.07. The zero-order valence-electron chi connectivity index (χ0n) is 24.0. The average molecular weight is 580 g/mol. The third-order valence-corrected chi connectivity index (χ3v) is 8.23. The molecule has 0 atom stereocenters. The van der Waals surface area contributed by atoms with Crippen molar-refractivity contribution in [2.75, 3.05) is 52.9 Å². The fourth-order valence-corrected chi connectivity index (χ4v) is 5.71. The van der Waals surface area contributed by atoms with Crippen LogP contribution in [0.25, 0.3) is 33.5 Å². The second kappa shape index (κ2) is 12.2. The van der Waals surface area contributed by atoms with Crippen LogP contribution in [0.2, 0.25) is 0 Å². The number of fused-ring (bicyclic) bond motifs is 1. The van der Waals surface area contributed by atoms with Gasteiger partial charge >= 0.3 is 0 Å². The maximum atomic E-state index is 13.2. The molecule has 4 aromatic rings. The van der Waals surface area contributed by atoms with Gasteiger partial charge in [-0.25, -0.2) is 9.97 Å². The van der Waals surface area contributed by atoms with Crippen molar-refractivity contribution in [2.24, 2.45) is 0 Å². The highest BCUT2D eigenvalue weighted by Crippen LogP contribution is 2.33. The van der Waals surface area contributed by atoms with Crippen LogP contribution in [0, 0.1) is 11.3 Å². The molecule has 2 fully saturated rings. The standard InChI is InChI=1S/C32H33N7O4/c1-37-11-13-39(14-12-37)32(42)23-4-2-3-21(15-23)27-17-26-30(34-20-35-31(26)36-27)22-5-6-28(24(16-22)18-33)43-25-7-9-38(10-8-25)29(41)19-40/h2-6,15-17,20,25,40H,7-14,19H2,1H3,(H,34,35,36). The number of piperidine rings is 1. The Morgan fingerprint density at radius 3 is 2.53 bits per heavy atom. The molecule has 2 aromatic heterocycles. The van der Waals surface area contributed by atoms with Crippen LogP contribution in [0.15, 0.2) is 54.9 Å². The Morgan fingerprint density at radius 1 is 1.00 bits per heavy atom. The number of nitriles is 1. The molecule has 2 aliphatic heterocycles. The molecule has 11 heteroatoms. The highest BCUT2D eigenvalue weighted by Gasteiger charge is 2.25. The van der Waals surface area contributed by atoms with Gasteiger partial charge in [0.15, 0.2) is 0 Å². The van der Waals surface area contributed by atoms with E-state index in [1.54, 1.807) is 17.0 Å². The lowest BCUT2D eigenvalue weighted by molar-refractivity contribution is -0.135. The van der Waals surface area contributed by atoms with E-state index in [1.165, 1.54) is 6.33 Å². The largest absolute Gasteiger partial charge is 0.489 e. The van der Waals surface area contributed by atoms with Crippen LogP contribution in [0.3, 0.4) is 0 Å². The Morgan fingerprint density at radius 2 is 1.79 bits per heavy atom. The molecule has 0 bridgehead atoms. The lowest BCUT2D eigenvalue weighted by Crippen LogP contribution is -2.47. The maximum absolute atomic E-state index is 13.2. The van der Waals surface area contributed by atoms with E-state index in [0.29, 0.717) is 67.2 Å². The number of aliphatic hydroxyl groups is 1. The molecule has 0 spiro atoms. The molecule has 11 nitrogen and oxygen atoms in total. The van der Waals surface area contributed by atoms with Gasteiger partial charge in [-0.2, -0.15) is 5.26 Å². The number of amides is 2. The number of piperazine rings is 1. The lowest BCUT2D eigenvalue weighted by Gasteiger charge is -2.32. The summed E-state index contributed by atoms with van der Waals surface area (Å²) in [6.45, 7) is 3.67. The van der Waals surface area contributed by atoms with Gasteiger partial charge in [0.05, 0.1) is 11.3 Å². The monoisotopic (exact) mass is 579 g/mol. The van der Waals surface area contributed by atoms with E-state index in [-0.39, 0.29) is 17.9 Å². The molecule has 2 amide bonds. The quantitative estimate of drug-likeness (QED) is 0.356. The van der Waals surface area contributed by atoms with Crippen molar-refractivity contribution in [3.05, 3.63) is 66.0 Å². The van der Waals surface area contributed by atoms with Crippen molar-refractivity contribution in [2.45, 2.75) is 18.9 Å². The maximum Gasteiger partial charge on any atom is 0.253 e.